The number of halogens is 2. The molecule has 0 saturated carbocycles. The molecule has 1 aromatic rings. The monoisotopic (exact) mass is 452 g/mol. The maximum absolute atomic E-state index is 11.7. The Bertz CT molecular complexity index is 209. The molecule has 0 aliphatic rings. The molecule has 0 spiro atoms. The van der Waals surface area contributed by atoms with Crippen LogP contribution in [0.15, 0.2) is 10.8 Å². The van der Waals surface area contributed by atoms with Gasteiger partial charge in [-0.1, -0.05) is 0 Å². The molecule has 0 atom stereocenters. The van der Waals surface area contributed by atoms with Crippen LogP contribution in [0.4, 0.5) is 8.78 Å². The summed E-state index contributed by atoms with van der Waals surface area (Å²) in [5.74, 6) is -1.52. The minimum atomic E-state index is -0.759. The Kier molecular flexibility index (Phi) is 14.4. The first-order valence-electron chi connectivity index (χ1n) is 5.14. The molecule has 1 heterocycles. The van der Waals surface area contributed by atoms with Gasteiger partial charge in [0.15, 0.2) is 11.6 Å². The molecule has 15 heavy (non-hydrogen) atoms. The van der Waals surface area contributed by atoms with Gasteiger partial charge < -0.3 is 0 Å². The number of hydrogen-bond acceptors (Lipinski definition) is 1. The summed E-state index contributed by atoms with van der Waals surface area (Å²) in [4.78, 5) is 14.3. The van der Waals surface area contributed by atoms with Crippen LogP contribution in [-0.4, -0.2) is 39.5 Å². The number of rotatable bonds is 0. The predicted molar refractivity (Wildman–Crippen MR) is 73.7 cm³/mol. The van der Waals surface area contributed by atoms with Crippen LogP contribution in [0, 0.1) is 11.6 Å². The first kappa shape index (κ1) is 18.5. The minimum absolute atomic E-state index is 0.637. The third kappa shape index (κ3) is 21.1. The Morgan fingerprint density at radius 3 is 1.07 bits per heavy atom. The van der Waals surface area contributed by atoms with E-state index < -0.39 is 51.2 Å². The molecular weight excluding hydrogens is 428 g/mol. The van der Waals surface area contributed by atoms with Crippen LogP contribution in [0.25, 0.3) is 0 Å². The fourth-order valence-electron chi connectivity index (χ4n) is 0.266. The fourth-order valence-corrected chi connectivity index (χ4v) is 0.798. The quantitative estimate of drug-likeness (QED) is 0.520. The average molecular weight is 450 g/mol. The summed E-state index contributed by atoms with van der Waals surface area (Å²) in [7, 11) is 0. The third-order valence-corrected chi connectivity index (χ3v) is 1.26. The van der Waals surface area contributed by atoms with Crippen molar-refractivity contribution >= 4 is 50.9 Å². The van der Waals surface area contributed by atoms with E-state index in [1.165, 1.54) is 0 Å². The second-order valence-corrected chi connectivity index (χ2v) is 25.0. The molecule has 1 aromatic heterocycles. The second-order valence-electron chi connectivity index (χ2n) is 4.53. The van der Waals surface area contributed by atoms with Gasteiger partial charge in [-0.3, -0.25) is 0 Å². The predicted octanol–water partition coefficient (Wildman–Crippen LogP) is 4.23. The summed E-state index contributed by atoms with van der Waals surface area (Å²) in [6, 6.07) is 0. The van der Waals surface area contributed by atoms with Crippen LogP contribution >= 0.6 is 11.3 Å². The molecule has 0 amide bonds. The summed E-state index contributed by atoms with van der Waals surface area (Å²) < 4.78 is 23.4. The van der Waals surface area contributed by atoms with Gasteiger partial charge in [-0.15, -0.1) is 11.3 Å². The molecule has 0 saturated heterocycles. The van der Waals surface area contributed by atoms with Crippen molar-refractivity contribution in [1.82, 2.24) is 0 Å². The molecule has 0 N–H and O–H groups in total. The van der Waals surface area contributed by atoms with Crippen molar-refractivity contribution in [2.45, 2.75) is 29.6 Å². The molecular formula is C10H22F2SSn2. The Morgan fingerprint density at radius 1 is 0.800 bits per heavy atom. The van der Waals surface area contributed by atoms with E-state index in [1.807, 2.05) is 0 Å². The molecule has 0 aromatic carbocycles. The van der Waals surface area contributed by atoms with Gasteiger partial charge >= 0.3 is 69.2 Å². The summed E-state index contributed by atoms with van der Waals surface area (Å²) in [6.45, 7) is 0. The van der Waals surface area contributed by atoms with Crippen molar-refractivity contribution < 1.29 is 8.78 Å². The first-order chi connectivity index (χ1) is 6.77. The van der Waals surface area contributed by atoms with Crippen LogP contribution in [0.1, 0.15) is 0 Å². The van der Waals surface area contributed by atoms with Crippen molar-refractivity contribution in [2.24, 2.45) is 0 Å². The zero-order chi connectivity index (χ0) is 12.4. The zero-order valence-corrected chi connectivity index (χ0v) is 17.9. The van der Waals surface area contributed by atoms with E-state index in [1.54, 1.807) is 0 Å². The normalized spacial score (nSPS) is 9.20. The molecule has 0 unspecified atom stereocenters. The van der Waals surface area contributed by atoms with E-state index in [0.29, 0.717) is 0 Å². The Labute approximate surface area is 111 Å². The summed E-state index contributed by atoms with van der Waals surface area (Å²) >= 11 is -0.257. The molecule has 1 rings (SSSR count). The third-order valence-electron chi connectivity index (χ3n) is 0.571. The van der Waals surface area contributed by atoms with Crippen molar-refractivity contribution in [2.75, 3.05) is 0 Å². The Morgan fingerprint density at radius 2 is 1.00 bits per heavy atom. The van der Waals surface area contributed by atoms with Crippen molar-refractivity contribution in [3.05, 3.63) is 22.4 Å². The molecule has 0 fully saturated rings. The van der Waals surface area contributed by atoms with E-state index in [4.69, 9.17) is 0 Å². The van der Waals surface area contributed by atoms with Crippen LogP contribution < -0.4 is 0 Å². The van der Waals surface area contributed by atoms with Crippen LogP contribution in [0.2, 0.25) is 29.6 Å². The van der Waals surface area contributed by atoms with Crippen LogP contribution in [0.3, 0.4) is 0 Å². The molecule has 5 heteroatoms. The van der Waals surface area contributed by atoms with Gasteiger partial charge in [-0.2, -0.15) is 0 Å². The average Bonchev–Trinajstić information content (AvgIpc) is 2.33. The first-order valence-corrected chi connectivity index (χ1v) is 25.9. The van der Waals surface area contributed by atoms with Gasteiger partial charge in [0, 0.05) is 10.8 Å². The molecule has 0 nitrogen and oxygen atoms in total. The summed E-state index contributed by atoms with van der Waals surface area (Å²) in [5.41, 5.74) is 0. The number of hydrogen-bond donors (Lipinski definition) is 0. The number of thiophene rings is 1. The standard InChI is InChI=1S/C4H2F2S.6CH3.2Sn.2H/c5-3-1-7-2-4(3)6;;;;;;;;;;/h1-2H;6*1H3;;;;. The van der Waals surface area contributed by atoms with Crippen LogP contribution in [0.5, 0.6) is 0 Å². The summed E-state index contributed by atoms with van der Waals surface area (Å²) in [6.07, 6.45) is 0. The van der Waals surface area contributed by atoms with Crippen molar-refractivity contribution in [1.29, 1.82) is 0 Å². The van der Waals surface area contributed by atoms with Gasteiger partial charge in [0.25, 0.3) is 0 Å². The van der Waals surface area contributed by atoms with E-state index in [0.717, 1.165) is 22.1 Å². The Balaban J connectivity index is 0. The molecule has 90 valence electrons. The molecule has 0 aliphatic heterocycles. The second kappa shape index (κ2) is 11.6. The van der Waals surface area contributed by atoms with Crippen molar-refractivity contribution in [3.63, 3.8) is 0 Å². The van der Waals surface area contributed by atoms with E-state index >= 15 is 0 Å². The zero-order valence-electron chi connectivity index (χ0n) is 10.5. The fraction of sp³-hybridized carbons (Fsp3) is 0.600. The van der Waals surface area contributed by atoms with Crippen molar-refractivity contribution in [3.8, 4) is 0 Å². The SMILES string of the molecule is Fc1cscc1F.[CH3][SnH]([CH3])[CH3].[CH3][SnH]([CH3])[CH3]. The van der Waals surface area contributed by atoms with Gasteiger partial charge in [0.2, 0.25) is 0 Å². The van der Waals surface area contributed by atoms with E-state index in [9.17, 15) is 8.78 Å². The van der Waals surface area contributed by atoms with E-state index in [2.05, 4.69) is 29.6 Å². The molecule has 0 radical (unpaired) electrons. The Hall–Kier alpha value is 1.16. The molecule has 0 aliphatic carbocycles. The van der Waals surface area contributed by atoms with Gasteiger partial charge in [-0.25, -0.2) is 8.78 Å². The van der Waals surface area contributed by atoms with Crippen LogP contribution in [-0.2, 0) is 0 Å². The summed E-state index contributed by atoms with van der Waals surface area (Å²) in [5, 5.41) is 2.24. The topological polar surface area (TPSA) is 0 Å². The molecule has 0 bridgehead atoms. The maximum atomic E-state index is 11.7. The van der Waals surface area contributed by atoms with Gasteiger partial charge in [0.05, 0.1) is 0 Å². The van der Waals surface area contributed by atoms with E-state index in [-0.39, 0.29) is 0 Å². The van der Waals surface area contributed by atoms with Gasteiger partial charge in [0.1, 0.15) is 0 Å². The van der Waals surface area contributed by atoms with Gasteiger partial charge in [-0.05, 0) is 0 Å².